The standard InChI is InChI=1S/C16H20FN7O2/c1-4-19-5-10-13(18)14(9(2)3)23-24(16(10)26)7-12(25)22-15-11(17)6-20-8-21-15/h5-6,8-9,18-19H,4,7H2,1-3H3,(H,20,21,22,25)/b10-5+,18-13?. The van der Waals surface area contributed by atoms with Crippen molar-refractivity contribution in [3.63, 3.8) is 0 Å². The molecule has 0 spiro atoms. The minimum absolute atomic E-state index is 0.0180. The molecule has 1 aliphatic rings. The summed E-state index contributed by atoms with van der Waals surface area (Å²) in [6, 6.07) is 0. The van der Waals surface area contributed by atoms with Gasteiger partial charge in [0.2, 0.25) is 5.91 Å². The molecule has 0 saturated heterocycles. The number of hydrogen-bond donors (Lipinski definition) is 3. The van der Waals surface area contributed by atoms with Gasteiger partial charge in [-0.1, -0.05) is 13.8 Å². The fourth-order valence-electron chi connectivity index (χ4n) is 2.17. The van der Waals surface area contributed by atoms with E-state index in [1.165, 1.54) is 6.20 Å². The molecule has 3 N–H and O–H groups in total. The Morgan fingerprint density at radius 2 is 2.19 bits per heavy atom. The SMILES string of the molecule is CCN/C=C1\C(=N)C(C(C)C)=NN(CC(=O)Nc2ncncc2F)C1=O. The van der Waals surface area contributed by atoms with Gasteiger partial charge in [0.05, 0.1) is 23.2 Å². The van der Waals surface area contributed by atoms with Gasteiger partial charge in [-0.3, -0.25) is 15.0 Å². The van der Waals surface area contributed by atoms with E-state index in [-0.39, 0.29) is 23.0 Å². The van der Waals surface area contributed by atoms with Gasteiger partial charge in [0.1, 0.15) is 12.9 Å². The molecule has 2 rings (SSSR count). The molecule has 9 nitrogen and oxygen atoms in total. The van der Waals surface area contributed by atoms with Gasteiger partial charge in [-0.05, 0) is 12.8 Å². The van der Waals surface area contributed by atoms with Crippen LogP contribution < -0.4 is 10.6 Å². The number of carbonyl (C=O) groups excluding carboxylic acids is 2. The summed E-state index contributed by atoms with van der Waals surface area (Å²) < 4.78 is 13.5. The molecule has 0 bridgehead atoms. The van der Waals surface area contributed by atoms with Crippen molar-refractivity contribution in [2.75, 3.05) is 18.4 Å². The maximum atomic E-state index is 13.5. The van der Waals surface area contributed by atoms with E-state index in [4.69, 9.17) is 5.41 Å². The maximum Gasteiger partial charge on any atom is 0.278 e. The van der Waals surface area contributed by atoms with Crippen LogP contribution in [-0.2, 0) is 9.59 Å². The highest BCUT2D eigenvalue weighted by Gasteiger charge is 2.32. The summed E-state index contributed by atoms with van der Waals surface area (Å²) in [5.74, 6) is -2.44. The average molecular weight is 361 g/mol. The number of carbonyl (C=O) groups is 2. The van der Waals surface area contributed by atoms with E-state index < -0.39 is 24.2 Å². The molecule has 10 heteroatoms. The average Bonchev–Trinajstić information content (AvgIpc) is 2.59. The molecule has 0 saturated carbocycles. The van der Waals surface area contributed by atoms with Crippen LogP contribution >= 0.6 is 0 Å². The highest BCUT2D eigenvalue weighted by molar-refractivity contribution is 6.54. The van der Waals surface area contributed by atoms with Crippen molar-refractivity contribution in [1.29, 1.82) is 5.41 Å². The predicted octanol–water partition coefficient (Wildman–Crippen LogP) is 0.922. The van der Waals surface area contributed by atoms with Gasteiger partial charge in [-0.25, -0.2) is 19.4 Å². The van der Waals surface area contributed by atoms with Crippen LogP contribution in [0.4, 0.5) is 10.2 Å². The first kappa shape index (κ1) is 19.2. The monoisotopic (exact) mass is 361 g/mol. The number of hydrogen-bond acceptors (Lipinski definition) is 7. The van der Waals surface area contributed by atoms with E-state index in [2.05, 4.69) is 25.7 Å². The smallest absolute Gasteiger partial charge is 0.278 e. The van der Waals surface area contributed by atoms with E-state index in [1.807, 2.05) is 20.8 Å². The summed E-state index contributed by atoms with van der Waals surface area (Å²) in [6.07, 6.45) is 3.46. The van der Waals surface area contributed by atoms with Gasteiger partial charge in [-0.15, -0.1) is 0 Å². The van der Waals surface area contributed by atoms with E-state index in [0.29, 0.717) is 12.3 Å². The second kappa shape index (κ2) is 8.28. The summed E-state index contributed by atoms with van der Waals surface area (Å²) in [5.41, 5.74) is 0.519. The Morgan fingerprint density at radius 1 is 1.46 bits per heavy atom. The zero-order chi connectivity index (χ0) is 19.3. The first-order valence-electron chi connectivity index (χ1n) is 8.03. The largest absolute Gasteiger partial charge is 0.390 e. The Hall–Kier alpha value is -3.17. The Kier molecular flexibility index (Phi) is 6.10. The molecule has 0 radical (unpaired) electrons. The number of nitrogens with one attached hydrogen (secondary N) is 3. The van der Waals surface area contributed by atoms with Gasteiger partial charge in [-0.2, -0.15) is 5.10 Å². The van der Waals surface area contributed by atoms with Gasteiger partial charge in [0.15, 0.2) is 11.6 Å². The van der Waals surface area contributed by atoms with Crippen LogP contribution in [0.5, 0.6) is 0 Å². The molecule has 0 aliphatic carbocycles. The molecule has 0 atom stereocenters. The Balaban J connectivity index is 2.23. The van der Waals surface area contributed by atoms with Gasteiger partial charge >= 0.3 is 0 Å². The normalized spacial score (nSPS) is 16.1. The fraction of sp³-hybridized carbons (Fsp3) is 0.375. The van der Waals surface area contributed by atoms with E-state index in [1.54, 1.807) is 0 Å². The molecule has 26 heavy (non-hydrogen) atoms. The minimum atomic E-state index is -0.785. The van der Waals surface area contributed by atoms with Crippen molar-refractivity contribution in [2.45, 2.75) is 20.8 Å². The van der Waals surface area contributed by atoms with Crippen LogP contribution in [0.1, 0.15) is 20.8 Å². The number of nitrogens with zero attached hydrogens (tertiary/aromatic N) is 4. The fourth-order valence-corrected chi connectivity index (χ4v) is 2.17. The molecule has 138 valence electrons. The van der Waals surface area contributed by atoms with Crippen LogP contribution in [0, 0.1) is 17.1 Å². The molecule has 0 aromatic carbocycles. The molecular weight excluding hydrogens is 341 g/mol. The third-order valence-corrected chi connectivity index (χ3v) is 3.43. The number of hydrazone groups is 1. The minimum Gasteiger partial charge on any atom is -0.390 e. The number of halogens is 1. The Bertz CT molecular complexity index is 789. The molecule has 1 aliphatic heterocycles. The second-order valence-electron chi connectivity index (χ2n) is 5.76. The van der Waals surface area contributed by atoms with Gasteiger partial charge in [0.25, 0.3) is 5.91 Å². The van der Waals surface area contributed by atoms with Crippen LogP contribution in [0.2, 0.25) is 0 Å². The maximum absolute atomic E-state index is 13.5. The summed E-state index contributed by atoms with van der Waals surface area (Å²) >= 11 is 0. The first-order chi connectivity index (χ1) is 12.3. The number of amides is 2. The lowest BCUT2D eigenvalue weighted by atomic mass is 9.96. The van der Waals surface area contributed by atoms with Crippen molar-refractivity contribution < 1.29 is 14.0 Å². The van der Waals surface area contributed by atoms with Gasteiger partial charge < -0.3 is 10.6 Å². The Labute approximate surface area is 149 Å². The molecule has 1 aromatic rings. The van der Waals surface area contributed by atoms with Crippen molar-refractivity contribution in [3.8, 4) is 0 Å². The second-order valence-corrected chi connectivity index (χ2v) is 5.76. The highest BCUT2D eigenvalue weighted by Crippen LogP contribution is 2.17. The number of rotatable bonds is 6. The predicted molar refractivity (Wildman–Crippen MR) is 94.1 cm³/mol. The highest BCUT2D eigenvalue weighted by atomic mass is 19.1. The summed E-state index contributed by atoms with van der Waals surface area (Å²) in [4.78, 5) is 31.8. The number of anilines is 1. The Morgan fingerprint density at radius 3 is 2.81 bits per heavy atom. The van der Waals surface area contributed by atoms with Crippen molar-refractivity contribution in [2.24, 2.45) is 11.0 Å². The topological polar surface area (TPSA) is 123 Å². The van der Waals surface area contributed by atoms with E-state index in [0.717, 1.165) is 17.5 Å². The van der Waals surface area contributed by atoms with Crippen molar-refractivity contribution in [3.05, 3.63) is 30.1 Å². The van der Waals surface area contributed by atoms with Crippen molar-refractivity contribution in [1.82, 2.24) is 20.3 Å². The summed E-state index contributed by atoms with van der Waals surface area (Å²) in [5, 5.41) is 18.4. The molecule has 0 fully saturated rings. The molecule has 0 unspecified atom stereocenters. The summed E-state index contributed by atoms with van der Waals surface area (Å²) in [7, 11) is 0. The zero-order valence-electron chi connectivity index (χ0n) is 14.7. The summed E-state index contributed by atoms with van der Waals surface area (Å²) in [6.45, 7) is 5.67. The molecule has 2 amide bonds. The molecule has 2 heterocycles. The number of aromatic nitrogens is 2. The van der Waals surface area contributed by atoms with E-state index in [9.17, 15) is 14.0 Å². The zero-order valence-corrected chi connectivity index (χ0v) is 14.7. The third-order valence-electron chi connectivity index (χ3n) is 3.43. The van der Waals surface area contributed by atoms with E-state index >= 15 is 0 Å². The van der Waals surface area contributed by atoms with Gasteiger partial charge in [0, 0.05) is 12.7 Å². The van der Waals surface area contributed by atoms with Crippen molar-refractivity contribution >= 4 is 29.1 Å². The lowest BCUT2D eigenvalue weighted by molar-refractivity contribution is -0.131. The van der Waals surface area contributed by atoms with Crippen LogP contribution in [-0.4, -0.2) is 51.3 Å². The molecular formula is C16H20FN7O2. The molecule has 1 aromatic heterocycles. The first-order valence-corrected chi connectivity index (χ1v) is 8.03. The van der Waals surface area contributed by atoms with Crippen LogP contribution in [0.25, 0.3) is 0 Å². The van der Waals surface area contributed by atoms with Crippen LogP contribution in [0.3, 0.4) is 0 Å². The van der Waals surface area contributed by atoms with Crippen LogP contribution in [0.15, 0.2) is 29.4 Å². The third kappa shape index (κ3) is 4.26. The lowest BCUT2D eigenvalue weighted by Crippen LogP contribution is -2.44. The quantitative estimate of drug-likeness (QED) is 0.650. The lowest BCUT2D eigenvalue weighted by Gasteiger charge is -2.27.